The van der Waals surface area contributed by atoms with Crippen LogP contribution in [0.4, 0.5) is 5.00 Å². The van der Waals surface area contributed by atoms with Crippen LogP contribution in [-0.4, -0.2) is 75.0 Å². The van der Waals surface area contributed by atoms with E-state index in [4.69, 9.17) is 0 Å². The molecule has 0 bridgehead atoms. The lowest BCUT2D eigenvalue weighted by atomic mass is 10.0. The van der Waals surface area contributed by atoms with Crippen molar-refractivity contribution in [1.82, 2.24) is 14.1 Å². The molecule has 0 aliphatic carbocycles. The number of fused-ring (bicyclic) bond motifs is 1. The summed E-state index contributed by atoms with van der Waals surface area (Å²) in [6.45, 7) is 2.42. The van der Waals surface area contributed by atoms with Gasteiger partial charge in [0.1, 0.15) is 5.00 Å². The molecule has 0 spiro atoms. The summed E-state index contributed by atoms with van der Waals surface area (Å²) in [5, 5.41) is 3.24. The zero-order chi connectivity index (χ0) is 23.8. The number of thiophene rings is 1. The SMILES string of the molecule is CC(=O)N1CCc2c(sc(NC(=O)c3ccc(S(=O)(=O)N(C)C)cc3)c2C(=O)N(C)C)C1. The third-order valence-corrected chi connectivity index (χ3v) is 8.21. The largest absolute Gasteiger partial charge is 0.345 e. The first kappa shape index (κ1) is 23.9. The van der Waals surface area contributed by atoms with Crippen molar-refractivity contribution in [3.05, 3.63) is 45.8 Å². The van der Waals surface area contributed by atoms with Gasteiger partial charge in [-0.1, -0.05) is 0 Å². The minimum absolute atomic E-state index is 0.0390. The highest BCUT2D eigenvalue weighted by atomic mass is 32.2. The number of hydrogen-bond acceptors (Lipinski definition) is 6. The highest BCUT2D eigenvalue weighted by Crippen LogP contribution is 2.38. The van der Waals surface area contributed by atoms with Crippen molar-refractivity contribution in [2.75, 3.05) is 40.1 Å². The minimum atomic E-state index is -3.60. The summed E-state index contributed by atoms with van der Waals surface area (Å²) in [5.41, 5.74) is 1.56. The van der Waals surface area contributed by atoms with Gasteiger partial charge in [-0.3, -0.25) is 14.4 Å². The Morgan fingerprint density at radius 1 is 1.06 bits per heavy atom. The van der Waals surface area contributed by atoms with Crippen LogP contribution in [0.5, 0.6) is 0 Å². The molecule has 1 aromatic heterocycles. The van der Waals surface area contributed by atoms with Crippen LogP contribution in [0.15, 0.2) is 29.2 Å². The van der Waals surface area contributed by atoms with Gasteiger partial charge in [0.05, 0.1) is 17.0 Å². The summed E-state index contributed by atoms with van der Waals surface area (Å²) >= 11 is 1.29. The highest BCUT2D eigenvalue weighted by molar-refractivity contribution is 7.89. The van der Waals surface area contributed by atoms with Crippen molar-refractivity contribution in [2.45, 2.75) is 24.8 Å². The minimum Gasteiger partial charge on any atom is -0.345 e. The molecule has 9 nitrogen and oxygen atoms in total. The Balaban J connectivity index is 1.92. The van der Waals surface area contributed by atoms with Gasteiger partial charge in [0.2, 0.25) is 15.9 Å². The second-order valence-corrected chi connectivity index (χ2v) is 11.1. The van der Waals surface area contributed by atoms with E-state index in [9.17, 15) is 22.8 Å². The van der Waals surface area contributed by atoms with Crippen LogP contribution >= 0.6 is 11.3 Å². The van der Waals surface area contributed by atoms with Crippen LogP contribution in [0, 0.1) is 0 Å². The van der Waals surface area contributed by atoms with Crippen molar-refractivity contribution in [1.29, 1.82) is 0 Å². The van der Waals surface area contributed by atoms with E-state index >= 15 is 0 Å². The third kappa shape index (κ3) is 4.54. The first-order chi connectivity index (χ1) is 14.9. The number of carbonyl (C=O) groups excluding carboxylic acids is 3. The molecule has 0 atom stereocenters. The number of sulfonamides is 1. The van der Waals surface area contributed by atoms with Crippen LogP contribution in [0.3, 0.4) is 0 Å². The Kier molecular flexibility index (Phi) is 6.72. The van der Waals surface area contributed by atoms with Crippen LogP contribution in [0.2, 0.25) is 0 Å². The Hall–Kier alpha value is -2.76. The Bertz CT molecular complexity index is 1170. The molecule has 3 rings (SSSR count). The molecule has 1 aromatic carbocycles. The van der Waals surface area contributed by atoms with E-state index in [2.05, 4.69) is 5.32 Å². The van der Waals surface area contributed by atoms with E-state index in [1.807, 2.05) is 0 Å². The predicted octanol–water partition coefficient (Wildman–Crippen LogP) is 1.86. The average molecular weight is 479 g/mol. The van der Waals surface area contributed by atoms with Gasteiger partial charge in [0.15, 0.2) is 0 Å². The summed E-state index contributed by atoms with van der Waals surface area (Å²) in [5.74, 6) is -0.710. The molecule has 1 aliphatic rings. The lowest BCUT2D eigenvalue weighted by Gasteiger charge is -2.26. The Labute approximate surface area is 191 Å². The Morgan fingerprint density at radius 3 is 2.22 bits per heavy atom. The molecule has 2 heterocycles. The molecule has 0 saturated heterocycles. The Morgan fingerprint density at radius 2 is 1.69 bits per heavy atom. The number of amides is 3. The van der Waals surface area contributed by atoms with Crippen molar-refractivity contribution in [2.24, 2.45) is 0 Å². The summed E-state index contributed by atoms with van der Waals surface area (Å²) < 4.78 is 25.6. The summed E-state index contributed by atoms with van der Waals surface area (Å²) in [6.07, 6.45) is 0.535. The van der Waals surface area contributed by atoms with E-state index in [1.54, 1.807) is 19.0 Å². The van der Waals surface area contributed by atoms with Crippen LogP contribution in [-0.2, 0) is 27.8 Å². The van der Waals surface area contributed by atoms with Crippen LogP contribution in [0.25, 0.3) is 0 Å². The van der Waals surface area contributed by atoms with Crippen molar-refractivity contribution in [3.8, 4) is 0 Å². The van der Waals surface area contributed by atoms with E-state index in [0.29, 0.717) is 30.1 Å². The maximum Gasteiger partial charge on any atom is 0.256 e. The number of anilines is 1. The fraction of sp³-hybridized carbons (Fsp3) is 0.381. The van der Waals surface area contributed by atoms with Gasteiger partial charge in [-0.25, -0.2) is 12.7 Å². The molecule has 0 saturated carbocycles. The standard InChI is InChI=1S/C21H26N4O5S2/c1-13(26)25-11-10-16-17(12-25)31-20(18(16)21(28)23(2)3)22-19(27)14-6-8-15(9-7-14)32(29,30)24(4)5/h6-9H,10-12H2,1-5H3,(H,22,27). The maximum absolute atomic E-state index is 12.9. The lowest BCUT2D eigenvalue weighted by Crippen LogP contribution is -2.34. The molecule has 32 heavy (non-hydrogen) atoms. The van der Waals surface area contributed by atoms with E-state index in [0.717, 1.165) is 14.7 Å². The number of carbonyl (C=O) groups is 3. The molecule has 11 heteroatoms. The van der Waals surface area contributed by atoms with E-state index < -0.39 is 15.9 Å². The third-order valence-electron chi connectivity index (χ3n) is 5.24. The van der Waals surface area contributed by atoms with Crippen molar-refractivity contribution < 1.29 is 22.8 Å². The summed E-state index contributed by atoms with van der Waals surface area (Å²) in [7, 11) is 2.56. The maximum atomic E-state index is 12.9. The number of hydrogen-bond donors (Lipinski definition) is 1. The molecular formula is C21H26N4O5S2. The van der Waals surface area contributed by atoms with Gasteiger partial charge in [-0.2, -0.15) is 0 Å². The zero-order valence-electron chi connectivity index (χ0n) is 18.6. The van der Waals surface area contributed by atoms with Gasteiger partial charge in [-0.05, 0) is 36.2 Å². The monoisotopic (exact) mass is 478 g/mol. The van der Waals surface area contributed by atoms with Gasteiger partial charge >= 0.3 is 0 Å². The molecule has 0 unspecified atom stereocenters. The molecule has 0 fully saturated rings. The van der Waals surface area contributed by atoms with Crippen LogP contribution < -0.4 is 5.32 Å². The molecule has 1 aliphatic heterocycles. The topological polar surface area (TPSA) is 107 Å². The lowest BCUT2D eigenvalue weighted by molar-refractivity contribution is -0.129. The first-order valence-electron chi connectivity index (χ1n) is 9.89. The average Bonchev–Trinajstić information content (AvgIpc) is 3.09. The predicted molar refractivity (Wildman–Crippen MR) is 122 cm³/mol. The summed E-state index contributed by atoms with van der Waals surface area (Å²) in [4.78, 5) is 41.7. The quantitative estimate of drug-likeness (QED) is 0.706. The van der Waals surface area contributed by atoms with E-state index in [-0.39, 0.29) is 22.3 Å². The molecular weight excluding hydrogens is 452 g/mol. The number of benzene rings is 1. The van der Waals surface area contributed by atoms with Gasteiger partial charge in [0, 0.05) is 52.1 Å². The first-order valence-corrected chi connectivity index (χ1v) is 12.1. The highest BCUT2D eigenvalue weighted by Gasteiger charge is 2.30. The second kappa shape index (κ2) is 9.00. The number of rotatable bonds is 5. The fourth-order valence-electron chi connectivity index (χ4n) is 3.37. The molecule has 0 radical (unpaired) electrons. The molecule has 172 valence electrons. The van der Waals surface area contributed by atoms with Crippen molar-refractivity contribution >= 4 is 44.1 Å². The van der Waals surface area contributed by atoms with E-state index in [1.165, 1.54) is 61.5 Å². The molecule has 1 N–H and O–H groups in total. The van der Waals surface area contributed by atoms with Gasteiger partial charge in [0.25, 0.3) is 11.8 Å². The number of nitrogens with zero attached hydrogens (tertiary/aromatic N) is 3. The summed E-state index contributed by atoms with van der Waals surface area (Å²) in [6, 6.07) is 5.62. The van der Waals surface area contributed by atoms with Gasteiger partial charge in [-0.15, -0.1) is 11.3 Å². The molecule has 2 aromatic rings. The fourth-order valence-corrected chi connectivity index (χ4v) is 5.53. The zero-order valence-corrected chi connectivity index (χ0v) is 20.3. The normalized spacial score (nSPS) is 13.6. The van der Waals surface area contributed by atoms with Gasteiger partial charge < -0.3 is 15.1 Å². The second-order valence-electron chi connectivity index (χ2n) is 7.86. The number of nitrogens with one attached hydrogen (secondary N) is 1. The smallest absolute Gasteiger partial charge is 0.256 e. The van der Waals surface area contributed by atoms with Crippen molar-refractivity contribution in [3.63, 3.8) is 0 Å². The molecule has 3 amide bonds. The van der Waals surface area contributed by atoms with Crippen LogP contribution in [0.1, 0.15) is 38.1 Å².